The van der Waals surface area contributed by atoms with Gasteiger partial charge in [0.2, 0.25) is 10.0 Å². The number of halogens is 1. The fourth-order valence-electron chi connectivity index (χ4n) is 1.67. The van der Waals surface area contributed by atoms with Crippen molar-refractivity contribution in [3.8, 4) is 11.5 Å². The summed E-state index contributed by atoms with van der Waals surface area (Å²) in [5.74, 6) is 0.808. The summed E-state index contributed by atoms with van der Waals surface area (Å²) in [4.78, 5) is -0.149. The minimum atomic E-state index is -3.88. The highest BCUT2D eigenvalue weighted by Gasteiger charge is 2.16. The van der Waals surface area contributed by atoms with Gasteiger partial charge in [-0.15, -0.1) is 0 Å². The normalized spacial score (nSPS) is 11.3. The molecule has 0 saturated carbocycles. The Labute approximate surface area is 125 Å². The van der Waals surface area contributed by atoms with Crippen LogP contribution in [0.2, 0.25) is 0 Å². The van der Waals surface area contributed by atoms with Gasteiger partial charge in [0.1, 0.15) is 10.6 Å². The number of ether oxygens (including phenoxy) is 1. The standard InChI is InChI=1S/C13H13BrN2O3S/c1-8-7-9(5-6-10(8)14)19-11-3-2-4-12(13(11)15)20(16,17)18/h2-7H,15H2,1H3,(H2,16,17,18). The summed E-state index contributed by atoms with van der Waals surface area (Å²) in [5.41, 5.74) is 6.78. The summed E-state index contributed by atoms with van der Waals surface area (Å²) in [7, 11) is -3.88. The van der Waals surface area contributed by atoms with Crippen molar-refractivity contribution in [3.63, 3.8) is 0 Å². The van der Waals surface area contributed by atoms with Gasteiger partial charge in [-0.25, -0.2) is 13.6 Å². The van der Waals surface area contributed by atoms with E-state index in [1.54, 1.807) is 12.1 Å². The summed E-state index contributed by atoms with van der Waals surface area (Å²) < 4.78 is 29.4. The molecule has 7 heteroatoms. The number of nitrogen functional groups attached to an aromatic ring is 1. The summed E-state index contributed by atoms with van der Waals surface area (Å²) >= 11 is 3.39. The zero-order valence-electron chi connectivity index (χ0n) is 10.6. The molecule has 0 atom stereocenters. The molecule has 0 heterocycles. The Balaban J connectivity index is 2.42. The molecule has 2 aromatic carbocycles. The summed E-state index contributed by atoms with van der Waals surface area (Å²) in [6, 6.07) is 9.85. The topological polar surface area (TPSA) is 95.4 Å². The molecule has 0 aliphatic heterocycles. The van der Waals surface area contributed by atoms with Crippen LogP contribution in [-0.2, 0) is 10.0 Å². The Bertz CT molecular complexity index is 760. The summed E-state index contributed by atoms with van der Waals surface area (Å²) in [5, 5.41) is 5.09. The van der Waals surface area contributed by atoms with Gasteiger partial charge >= 0.3 is 0 Å². The van der Waals surface area contributed by atoms with Crippen LogP contribution < -0.4 is 15.6 Å². The average Bonchev–Trinajstić information content (AvgIpc) is 2.35. The first-order valence-electron chi connectivity index (χ1n) is 5.64. The molecule has 4 N–H and O–H groups in total. The van der Waals surface area contributed by atoms with Crippen LogP contribution in [0.3, 0.4) is 0 Å². The first-order chi connectivity index (χ1) is 9.29. The van der Waals surface area contributed by atoms with Gasteiger partial charge < -0.3 is 10.5 Å². The minimum absolute atomic E-state index is 0.00410. The number of benzene rings is 2. The molecule has 0 saturated heterocycles. The Kier molecular flexibility index (Phi) is 4.03. The van der Waals surface area contributed by atoms with Crippen molar-refractivity contribution >= 4 is 31.6 Å². The first kappa shape index (κ1) is 14.8. The molecule has 2 aromatic rings. The van der Waals surface area contributed by atoms with Gasteiger partial charge in [-0.3, -0.25) is 0 Å². The van der Waals surface area contributed by atoms with Gasteiger partial charge in [0.15, 0.2) is 5.75 Å². The van der Waals surface area contributed by atoms with Crippen molar-refractivity contribution in [3.05, 3.63) is 46.4 Å². The molecule has 0 spiro atoms. The predicted molar refractivity (Wildman–Crippen MR) is 81.2 cm³/mol. The lowest BCUT2D eigenvalue weighted by Gasteiger charge is -2.11. The fourth-order valence-corrected chi connectivity index (χ4v) is 2.59. The van der Waals surface area contributed by atoms with E-state index in [2.05, 4.69) is 15.9 Å². The molecule has 0 fully saturated rings. The van der Waals surface area contributed by atoms with E-state index < -0.39 is 10.0 Å². The van der Waals surface area contributed by atoms with E-state index in [1.165, 1.54) is 12.1 Å². The van der Waals surface area contributed by atoms with E-state index in [9.17, 15) is 8.42 Å². The third kappa shape index (κ3) is 3.12. The van der Waals surface area contributed by atoms with Gasteiger partial charge in [-0.2, -0.15) is 0 Å². The molecule has 0 radical (unpaired) electrons. The lowest BCUT2D eigenvalue weighted by atomic mass is 10.2. The zero-order chi connectivity index (χ0) is 14.9. The number of para-hydroxylation sites is 1. The van der Waals surface area contributed by atoms with Gasteiger partial charge in [-0.1, -0.05) is 22.0 Å². The number of rotatable bonds is 3. The number of primary sulfonamides is 1. The van der Waals surface area contributed by atoms with Crippen LogP contribution in [0.5, 0.6) is 11.5 Å². The SMILES string of the molecule is Cc1cc(Oc2cccc(S(N)(=O)=O)c2N)ccc1Br. The highest BCUT2D eigenvalue weighted by molar-refractivity contribution is 9.10. The van der Waals surface area contributed by atoms with E-state index in [-0.39, 0.29) is 16.3 Å². The third-order valence-electron chi connectivity index (χ3n) is 2.69. The Hall–Kier alpha value is -1.57. The third-order valence-corrected chi connectivity index (χ3v) is 4.55. The van der Waals surface area contributed by atoms with Gasteiger partial charge in [0.25, 0.3) is 0 Å². The number of hydrogen-bond acceptors (Lipinski definition) is 4. The maximum atomic E-state index is 11.4. The van der Waals surface area contributed by atoms with Crippen LogP contribution in [0.25, 0.3) is 0 Å². The smallest absolute Gasteiger partial charge is 0.240 e. The van der Waals surface area contributed by atoms with Crippen molar-refractivity contribution in [2.24, 2.45) is 5.14 Å². The van der Waals surface area contributed by atoms with Crippen LogP contribution >= 0.6 is 15.9 Å². The molecule has 20 heavy (non-hydrogen) atoms. The molecule has 2 rings (SSSR count). The number of aryl methyl sites for hydroxylation is 1. The maximum absolute atomic E-state index is 11.4. The molecule has 0 bridgehead atoms. The summed E-state index contributed by atoms with van der Waals surface area (Å²) in [6.07, 6.45) is 0. The van der Waals surface area contributed by atoms with E-state index in [1.807, 2.05) is 19.1 Å². The zero-order valence-corrected chi connectivity index (χ0v) is 13.0. The largest absolute Gasteiger partial charge is 0.455 e. The van der Waals surface area contributed by atoms with Crippen LogP contribution in [0.1, 0.15) is 5.56 Å². The van der Waals surface area contributed by atoms with Gasteiger partial charge in [0, 0.05) is 4.47 Å². The number of anilines is 1. The van der Waals surface area contributed by atoms with Crippen molar-refractivity contribution in [2.45, 2.75) is 11.8 Å². The van der Waals surface area contributed by atoms with Crippen LogP contribution in [0.15, 0.2) is 45.8 Å². The molecule has 0 aliphatic carbocycles. The molecule has 0 aliphatic rings. The highest BCUT2D eigenvalue weighted by atomic mass is 79.9. The number of sulfonamides is 1. The lowest BCUT2D eigenvalue weighted by molar-refractivity contribution is 0.483. The van der Waals surface area contributed by atoms with Gasteiger partial charge in [-0.05, 0) is 42.8 Å². The Morgan fingerprint density at radius 1 is 1.20 bits per heavy atom. The lowest BCUT2D eigenvalue weighted by Crippen LogP contribution is -2.14. The molecule has 0 unspecified atom stereocenters. The minimum Gasteiger partial charge on any atom is -0.455 e. The molecule has 106 valence electrons. The Morgan fingerprint density at radius 2 is 1.90 bits per heavy atom. The maximum Gasteiger partial charge on any atom is 0.240 e. The second kappa shape index (κ2) is 5.43. The molecule has 0 aromatic heterocycles. The molecule has 5 nitrogen and oxygen atoms in total. The van der Waals surface area contributed by atoms with Crippen LogP contribution in [0, 0.1) is 6.92 Å². The van der Waals surface area contributed by atoms with E-state index in [4.69, 9.17) is 15.6 Å². The Morgan fingerprint density at radius 3 is 2.50 bits per heavy atom. The average molecular weight is 357 g/mol. The van der Waals surface area contributed by atoms with Crippen LogP contribution in [-0.4, -0.2) is 8.42 Å². The predicted octanol–water partition coefficient (Wildman–Crippen LogP) is 2.78. The van der Waals surface area contributed by atoms with E-state index in [0.29, 0.717) is 5.75 Å². The second-order valence-corrected chi connectivity index (χ2v) is 6.61. The van der Waals surface area contributed by atoms with Crippen LogP contribution in [0.4, 0.5) is 5.69 Å². The molecular formula is C13H13BrN2O3S. The van der Waals surface area contributed by atoms with E-state index >= 15 is 0 Å². The summed E-state index contributed by atoms with van der Waals surface area (Å²) in [6.45, 7) is 1.92. The van der Waals surface area contributed by atoms with Crippen molar-refractivity contribution < 1.29 is 13.2 Å². The fraction of sp³-hybridized carbons (Fsp3) is 0.0769. The monoisotopic (exact) mass is 356 g/mol. The second-order valence-electron chi connectivity index (χ2n) is 4.23. The number of nitrogens with two attached hydrogens (primary N) is 2. The number of hydrogen-bond donors (Lipinski definition) is 2. The molecule has 0 amide bonds. The first-order valence-corrected chi connectivity index (χ1v) is 7.98. The van der Waals surface area contributed by atoms with E-state index in [0.717, 1.165) is 10.0 Å². The van der Waals surface area contributed by atoms with Crippen molar-refractivity contribution in [2.75, 3.05) is 5.73 Å². The quantitative estimate of drug-likeness (QED) is 0.826. The van der Waals surface area contributed by atoms with Crippen molar-refractivity contribution in [1.82, 2.24) is 0 Å². The highest BCUT2D eigenvalue weighted by Crippen LogP contribution is 2.33. The van der Waals surface area contributed by atoms with Gasteiger partial charge in [0.05, 0.1) is 5.69 Å². The van der Waals surface area contributed by atoms with Crippen molar-refractivity contribution in [1.29, 1.82) is 0 Å². The molecular weight excluding hydrogens is 344 g/mol.